The number of carbonyl (C=O) groups excluding carboxylic acids is 2. The molecule has 1 aliphatic rings. The Balaban J connectivity index is 1.87. The van der Waals surface area contributed by atoms with E-state index in [0.717, 1.165) is 5.56 Å². The molecule has 0 spiro atoms. The molecule has 2 aromatic carbocycles. The van der Waals surface area contributed by atoms with E-state index in [1.807, 2.05) is 30.3 Å². The van der Waals surface area contributed by atoms with Crippen LogP contribution in [0.5, 0.6) is 0 Å². The number of amides is 2. The SMILES string of the molecule is Cc1cccc(NC(=O)C2C(=O)NCCC2c2ccccc2)c1F. The average molecular weight is 326 g/mol. The van der Waals surface area contributed by atoms with Crippen molar-refractivity contribution in [3.63, 3.8) is 0 Å². The van der Waals surface area contributed by atoms with E-state index in [4.69, 9.17) is 0 Å². The van der Waals surface area contributed by atoms with Crippen LogP contribution < -0.4 is 10.6 Å². The van der Waals surface area contributed by atoms with Gasteiger partial charge in [-0.1, -0.05) is 42.5 Å². The number of aryl methyl sites for hydroxylation is 1. The molecule has 2 unspecified atom stereocenters. The van der Waals surface area contributed by atoms with Crippen LogP contribution in [0.1, 0.15) is 23.5 Å². The summed E-state index contributed by atoms with van der Waals surface area (Å²) in [6.45, 7) is 2.16. The number of benzene rings is 2. The first kappa shape index (κ1) is 16.2. The molecular weight excluding hydrogens is 307 g/mol. The van der Waals surface area contributed by atoms with Gasteiger partial charge in [0.25, 0.3) is 0 Å². The van der Waals surface area contributed by atoms with Crippen molar-refractivity contribution in [2.24, 2.45) is 5.92 Å². The number of anilines is 1. The van der Waals surface area contributed by atoms with E-state index in [0.29, 0.717) is 18.5 Å². The Bertz CT molecular complexity index is 761. The van der Waals surface area contributed by atoms with Crippen LogP contribution in [0.2, 0.25) is 0 Å². The Hall–Kier alpha value is -2.69. The van der Waals surface area contributed by atoms with Crippen LogP contribution in [0.4, 0.5) is 10.1 Å². The number of hydrogen-bond acceptors (Lipinski definition) is 2. The fourth-order valence-corrected chi connectivity index (χ4v) is 3.13. The molecule has 3 rings (SSSR count). The Morgan fingerprint density at radius 3 is 2.67 bits per heavy atom. The number of piperidine rings is 1. The zero-order valence-electron chi connectivity index (χ0n) is 13.4. The third-order valence-corrected chi connectivity index (χ3v) is 4.40. The quantitative estimate of drug-likeness (QED) is 0.852. The fourth-order valence-electron chi connectivity index (χ4n) is 3.13. The van der Waals surface area contributed by atoms with Crippen LogP contribution in [-0.2, 0) is 9.59 Å². The van der Waals surface area contributed by atoms with Crippen molar-refractivity contribution in [2.75, 3.05) is 11.9 Å². The summed E-state index contributed by atoms with van der Waals surface area (Å²) >= 11 is 0. The molecule has 4 nitrogen and oxygen atoms in total. The van der Waals surface area contributed by atoms with Gasteiger partial charge in [0.15, 0.2) is 0 Å². The van der Waals surface area contributed by atoms with E-state index < -0.39 is 17.6 Å². The third-order valence-electron chi connectivity index (χ3n) is 4.40. The largest absolute Gasteiger partial charge is 0.355 e. The van der Waals surface area contributed by atoms with Crippen LogP contribution in [0.15, 0.2) is 48.5 Å². The molecule has 1 saturated heterocycles. The molecule has 0 saturated carbocycles. The predicted molar refractivity (Wildman–Crippen MR) is 90.1 cm³/mol. The summed E-state index contributed by atoms with van der Waals surface area (Å²) in [5.41, 5.74) is 1.49. The van der Waals surface area contributed by atoms with Crippen molar-refractivity contribution < 1.29 is 14.0 Å². The lowest BCUT2D eigenvalue weighted by atomic mass is 9.80. The minimum Gasteiger partial charge on any atom is -0.355 e. The molecule has 0 aliphatic carbocycles. The summed E-state index contributed by atoms with van der Waals surface area (Å²) in [5.74, 6) is -2.36. The molecular formula is C19H19FN2O2. The molecule has 1 heterocycles. The number of nitrogens with one attached hydrogen (secondary N) is 2. The van der Waals surface area contributed by atoms with Gasteiger partial charge in [-0.05, 0) is 30.5 Å². The van der Waals surface area contributed by atoms with Crippen LogP contribution in [-0.4, -0.2) is 18.4 Å². The van der Waals surface area contributed by atoms with Crippen molar-refractivity contribution >= 4 is 17.5 Å². The van der Waals surface area contributed by atoms with E-state index in [1.54, 1.807) is 19.1 Å². The van der Waals surface area contributed by atoms with Crippen molar-refractivity contribution in [3.8, 4) is 0 Å². The summed E-state index contributed by atoms with van der Waals surface area (Å²) in [4.78, 5) is 25.0. The highest BCUT2D eigenvalue weighted by molar-refractivity contribution is 6.07. The Labute approximate surface area is 140 Å². The van der Waals surface area contributed by atoms with Gasteiger partial charge in [0, 0.05) is 12.5 Å². The van der Waals surface area contributed by atoms with Gasteiger partial charge < -0.3 is 10.6 Å². The number of halogens is 1. The van der Waals surface area contributed by atoms with Crippen molar-refractivity contribution in [3.05, 3.63) is 65.5 Å². The Morgan fingerprint density at radius 1 is 1.17 bits per heavy atom. The summed E-state index contributed by atoms with van der Waals surface area (Å²) in [6, 6.07) is 14.3. The summed E-state index contributed by atoms with van der Waals surface area (Å²) in [5, 5.41) is 5.31. The standard InChI is InChI=1S/C19H19FN2O2/c1-12-6-5-9-15(17(12)20)22-19(24)16-14(10-11-21-18(16)23)13-7-3-2-4-8-13/h2-9,14,16H,10-11H2,1H3,(H,21,23)(H,22,24). The van der Waals surface area contributed by atoms with Crippen molar-refractivity contribution in [2.45, 2.75) is 19.3 Å². The van der Waals surface area contributed by atoms with Gasteiger partial charge in [-0.25, -0.2) is 4.39 Å². The molecule has 2 N–H and O–H groups in total. The molecule has 2 aromatic rings. The predicted octanol–water partition coefficient (Wildman–Crippen LogP) is 2.99. The second-order valence-electron chi connectivity index (χ2n) is 6.00. The Morgan fingerprint density at radius 2 is 1.92 bits per heavy atom. The monoisotopic (exact) mass is 326 g/mol. The van der Waals surface area contributed by atoms with Gasteiger partial charge >= 0.3 is 0 Å². The van der Waals surface area contributed by atoms with Gasteiger partial charge in [-0.3, -0.25) is 9.59 Å². The molecule has 5 heteroatoms. The van der Waals surface area contributed by atoms with Gasteiger partial charge in [0.2, 0.25) is 11.8 Å². The lowest BCUT2D eigenvalue weighted by molar-refractivity contribution is -0.135. The molecule has 1 aliphatic heterocycles. The van der Waals surface area contributed by atoms with Crippen LogP contribution >= 0.6 is 0 Å². The second kappa shape index (κ2) is 6.83. The minimum atomic E-state index is -0.874. The molecule has 0 aromatic heterocycles. The van der Waals surface area contributed by atoms with Crippen molar-refractivity contribution in [1.82, 2.24) is 5.32 Å². The molecule has 0 radical (unpaired) electrons. The number of carbonyl (C=O) groups is 2. The van der Waals surface area contributed by atoms with Gasteiger partial charge in [-0.2, -0.15) is 0 Å². The first-order valence-corrected chi connectivity index (χ1v) is 7.96. The topological polar surface area (TPSA) is 58.2 Å². The fraction of sp³-hybridized carbons (Fsp3) is 0.263. The van der Waals surface area contributed by atoms with Gasteiger partial charge in [-0.15, -0.1) is 0 Å². The van der Waals surface area contributed by atoms with E-state index in [-0.39, 0.29) is 17.5 Å². The summed E-state index contributed by atoms with van der Waals surface area (Å²) in [7, 11) is 0. The second-order valence-corrected chi connectivity index (χ2v) is 6.00. The highest BCUT2D eigenvalue weighted by Crippen LogP contribution is 2.32. The van der Waals surface area contributed by atoms with Crippen molar-refractivity contribution in [1.29, 1.82) is 0 Å². The third kappa shape index (κ3) is 3.15. The van der Waals surface area contributed by atoms with E-state index in [9.17, 15) is 14.0 Å². The zero-order valence-corrected chi connectivity index (χ0v) is 13.4. The molecule has 0 bridgehead atoms. The van der Waals surface area contributed by atoms with E-state index in [1.165, 1.54) is 6.07 Å². The smallest absolute Gasteiger partial charge is 0.237 e. The molecule has 24 heavy (non-hydrogen) atoms. The highest BCUT2D eigenvalue weighted by atomic mass is 19.1. The molecule has 124 valence electrons. The molecule has 1 fully saturated rings. The van der Waals surface area contributed by atoms with Gasteiger partial charge in [0.1, 0.15) is 11.7 Å². The van der Waals surface area contributed by atoms with Crippen LogP contribution in [0.25, 0.3) is 0 Å². The normalized spacial score (nSPS) is 20.3. The average Bonchev–Trinajstić information content (AvgIpc) is 2.59. The van der Waals surface area contributed by atoms with Gasteiger partial charge in [0.05, 0.1) is 5.69 Å². The molecule has 2 atom stereocenters. The minimum absolute atomic E-state index is 0.102. The highest BCUT2D eigenvalue weighted by Gasteiger charge is 2.38. The lowest BCUT2D eigenvalue weighted by Gasteiger charge is -2.30. The first-order chi connectivity index (χ1) is 11.6. The van der Waals surface area contributed by atoms with E-state index >= 15 is 0 Å². The lowest BCUT2D eigenvalue weighted by Crippen LogP contribution is -2.46. The molecule has 2 amide bonds. The zero-order chi connectivity index (χ0) is 17.1. The van der Waals surface area contributed by atoms with Crippen LogP contribution in [0.3, 0.4) is 0 Å². The number of rotatable bonds is 3. The number of hydrogen-bond donors (Lipinski definition) is 2. The maximum Gasteiger partial charge on any atom is 0.237 e. The summed E-state index contributed by atoms with van der Waals surface area (Å²) < 4.78 is 14.1. The summed E-state index contributed by atoms with van der Waals surface area (Å²) in [6.07, 6.45) is 0.671. The van der Waals surface area contributed by atoms with Crippen LogP contribution in [0, 0.1) is 18.7 Å². The Kier molecular flexibility index (Phi) is 4.60. The maximum atomic E-state index is 14.1. The first-order valence-electron chi connectivity index (χ1n) is 7.96. The maximum absolute atomic E-state index is 14.1. The van der Waals surface area contributed by atoms with E-state index in [2.05, 4.69) is 10.6 Å².